The standard InChI is InChI=1S/C18H24N2O4/c1-11(2)9-14-16(18(14,3)4)17(22)19-10-15(21)12-5-7-13(8-6-12)20(23)24/h5-9,14-16,21H,10H2,1-4H3,(H,19,22). The normalized spacial score (nSPS) is 22.4. The van der Waals surface area contributed by atoms with E-state index in [0.29, 0.717) is 5.56 Å². The fourth-order valence-corrected chi connectivity index (χ4v) is 3.09. The highest BCUT2D eigenvalue weighted by Gasteiger charge is 2.60. The topological polar surface area (TPSA) is 92.5 Å². The van der Waals surface area contributed by atoms with Gasteiger partial charge in [-0.05, 0) is 42.9 Å². The molecular formula is C18H24N2O4. The van der Waals surface area contributed by atoms with Gasteiger partial charge in [-0.3, -0.25) is 14.9 Å². The van der Waals surface area contributed by atoms with Crippen molar-refractivity contribution in [2.24, 2.45) is 17.3 Å². The van der Waals surface area contributed by atoms with Crippen LogP contribution >= 0.6 is 0 Å². The highest BCUT2D eigenvalue weighted by atomic mass is 16.6. The van der Waals surface area contributed by atoms with Crippen LogP contribution < -0.4 is 5.32 Å². The van der Waals surface area contributed by atoms with E-state index in [9.17, 15) is 20.0 Å². The van der Waals surface area contributed by atoms with Gasteiger partial charge in [0.1, 0.15) is 0 Å². The van der Waals surface area contributed by atoms with Crippen molar-refractivity contribution in [3.05, 3.63) is 51.6 Å². The number of benzene rings is 1. The summed E-state index contributed by atoms with van der Waals surface area (Å²) in [6, 6.07) is 5.69. The van der Waals surface area contributed by atoms with Gasteiger partial charge in [0.15, 0.2) is 0 Å². The number of nitro groups is 1. The minimum Gasteiger partial charge on any atom is -0.387 e. The van der Waals surface area contributed by atoms with Crippen molar-refractivity contribution in [2.45, 2.75) is 33.8 Å². The molecule has 2 N–H and O–H groups in total. The summed E-state index contributed by atoms with van der Waals surface area (Å²) in [5.41, 5.74) is 1.63. The van der Waals surface area contributed by atoms with Gasteiger partial charge in [-0.2, -0.15) is 0 Å². The Morgan fingerprint density at radius 1 is 1.38 bits per heavy atom. The van der Waals surface area contributed by atoms with E-state index in [2.05, 4.69) is 25.2 Å². The first kappa shape index (κ1) is 18.1. The van der Waals surface area contributed by atoms with Gasteiger partial charge in [0.25, 0.3) is 5.69 Å². The molecule has 1 fully saturated rings. The Hall–Kier alpha value is -2.21. The predicted octanol–water partition coefficient (Wildman–Crippen LogP) is 2.98. The van der Waals surface area contributed by atoms with Crippen LogP contribution in [0.4, 0.5) is 5.69 Å². The maximum Gasteiger partial charge on any atom is 0.269 e. The molecule has 1 amide bonds. The molecule has 0 bridgehead atoms. The molecule has 3 atom stereocenters. The van der Waals surface area contributed by atoms with E-state index in [1.807, 2.05) is 13.8 Å². The lowest BCUT2D eigenvalue weighted by Gasteiger charge is -2.12. The van der Waals surface area contributed by atoms with E-state index in [4.69, 9.17) is 0 Å². The van der Waals surface area contributed by atoms with Gasteiger partial charge in [-0.25, -0.2) is 0 Å². The van der Waals surface area contributed by atoms with Gasteiger partial charge in [-0.1, -0.05) is 25.5 Å². The van der Waals surface area contributed by atoms with Crippen LogP contribution in [-0.2, 0) is 4.79 Å². The molecule has 0 heterocycles. The Kier molecular flexibility index (Phi) is 5.08. The Bertz CT molecular complexity index is 660. The number of non-ortho nitro benzene ring substituents is 1. The summed E-state index contributed by atoms with van der Waals surface area (Å²) < 4.78 is 0. The number of nitro benzene ring substituents is 1. The highest BCUT2D eigenvalue weighted by molar-refractivity contribution is 5.83. The lowest BCUT2D eigenvalue weighted by atomic mass is 10.1. The highest BCUT2D eigenvalue weighted by Crippen LogP contribution is 2.59. The molecule has 0 spiro atoms. The Morgan fingerprint density at radius 2 is 1.96 bits per heavy atom. The van der Waals surface area contributed by atoms with Crippen LogP contribution in [0.25, 0.3) is 0 Å². The fourth-order valence-electron chi connectivity index (χ4n) is 3.09. The van der Waals surface area contributed by atoms with Crippen molar-refractivity contribution < 1.29 is 14.8 Å². The van der Waals surface area contributed by atoms with E-state index >= 15 is 0 Å². The van der Waals surface area contributed by atoms with Gasteiger partial charge < -0.3 is 10.4 Å². The summed E-state index contributed by atoms with van der Waals surface area (Å²) in [6.07, 6.45) is 1.23. The third-order valence-corrected chi connectivity index (χ3v) is 4.66. The Labute approximate surface area is 141 Å². The van der Waals surface area contributed by atoms with E-state index < -0.39 is 11.0 Å². The minimum atomic E-state index is -0.890. The molecular weight excluding hydrogens is 308 g/mol. The molecule has 0 aliphatic heterocycles. The third kappa shape index (κ3) is 3.82. The van der Waals surface area contributed by atoms with Crippen LogP contribution in [0.3, 0.4) is 0 Å². The van der Waals surface area contributed by atoms with Crippen LogP contribution in [-0.4, -0.2) is 22.5 Å². The zero-order valence-electron chi connectivity index (χ0n) is 14.4. The Balaban J connectivity index is 1.92. The first-order valence-corrected chi connectivity index (χ1v) is 7.99. The molecule has 1 aromatic carbocycles. The summed E-state index contributed by atoms with van der Waals surface area (Å²) in [7, 11) is 0. The quantitative estimate of drug-likeness (QED) is 0.476. The summed E-state index contributed by atoms with van der Waals surface area (Å²) in [4.78, 5) is 22.5. The number of hydrogen-bond acceptors (Lipinski definition) is 4. The fraction of sp³-hybridized carbons (Fsp3) is 0.500. The van der Waals surface area contributed by atoms with Crippen molar-refractivity contribution >= 4 is 11.6 Å². The summed E-state index contributed by atoms with van der Waals surface area (Å²) in [6.45, 7) is 8.25. The van der Waals surface area contributed by atoms with Crippen molar-refractivity contribution in [2.75, 3.05) is 6.54 Å². The van der Waals surface area contributed by atoms with Crippen molar-refractivity contribution in [1.29, 1.82) is 0 Å². The summed E-state index contributed by atoms with van der Waals surface area (Å²) in [5, 5.41) is 23.6. The number of nitrogens with one attached hydrogen (secondary N) is 1. The lowest BCUT2D eigenvalue weighted by molar-refractivity contribution is -0.384. The number of aliphatic hydroxyl groups excluding tert-OH is 1. The number of carbonyl (C=O) groups is 1. The van der Waals surface area contributed by atoms with E-state index in [1.165, 1.54) is 29.8 Å². The van der Waals surface area contributed by atoms with E-state index in [-0.39, 0.29) is 35.4 Å². The maximum atomic E-state index is 12.4. The number of nitrogens with zero attached hydrogens (tertiary/aromatic N) is 1. The van der Waals surface area contributed by atoms with Gasteiger partial charge in [0.05, 0.1) is 16.9 Å². The lowest BCUT2D eigenvalue weighted by Crippen LogP contribution is -2.31. The molecule has 6 nitrogen and oxygen atoms in total. The number of aliphatic hydroxyl groups is 1. The van der Waals surface area contributed by atoms with Crippen LogP contribution in [0.1, 0.15) is 39.4 Å². The predicted molar refractivity (Wildman–Crippen MR) is 91.3 cm³/mol. The van der Waals surface area contributed by atoms with Crippen LogP contribution in [0.15, 0.2) is 35.9 Å². The number of amides is 1. The number of carbonyl (C=O) groups excluding carboxylic acids is 1. The first-order chi connectivity index (χ1) is 11.1. The molecule has 1 saturated carbocycles. The molecule has 1 aromatic rings. The molecule has 0 aromatic heterocycles. The van der Waals surface area contributed by atoms with Gasteiger partial charge in [-0.15, -0.1) is 0 Å². The van der Waals surface area contributed by atoms with Crippen LogP contribution in [0, 0.1) is 27.4 Å². The van der Waals surface area contributed by atoms with Gasteiger partial charge in [0, 0.05) is 18.7 Å². The largest absolute Gasteiger partial charge is 0.387 e. The Morgan fingerprint density at radius 3 is 2.46 bits per heavy atom. The maximum absolute atomic E-state index is 12.4. The molecule has 24 heavy (non-hydrogen) atoms. The minimum absolute atomic E-state index is 0.0284. The zero-order valence-corrected chi connectivity index (χ0v) is 14.4. The molecule has 1 aliphatic carbocycles. The van der Waals surface area contributed by atoms with Crippen LogP contribution in [0.2, 0.25) is 0 Å². The number of allylic oxidation sites excluding steroid dienone is 2. The summed E-state index contributed by atoms with van der Waals surface area (Å²) in [5.74, 6) is 0.0685. The van der Waals surface area contributed by atoms with Crippen molar-refractivity contribution in [3.63, 3.8) is 0 Å². The second kappa shape index (κ2) is 6.73. The molecule has 0 radical (unpaired) electrons. The van der Waals surface area contributed by atoms with Gasteiger partial charge in [0.2, 0.25) is 5.91 Å². The smallest absolute Gasteiger partial charge is 0.269 e. The molecule has 2 rings (SSSR count). The average molecular weight is 332 g/mol. The average Bonchev–Trinajstić information content (AvgIpc) is 3.04. The second-order valence-electron chi connectivity index (χ2n) is 7.18. The number of rotatable bonds is 6. The van der Waals surface area contributed by atoms with Crippen molar-refractivity contribution in [3.8, 4) is 0 Å². The zero-order chi connectivity index (χ0) is 18.1. The molecule has 0 saturated heterocycles. The molecule has 130 valence electrons. The van der Waals surface area contributed by atoms with E-state index in [1.54, 1.807) is 0 Å². The first-order valence-electron chi connectivity index (χ1n) is 7.99. The third-order valence-electron chi connectivity index (χ3n) is 4.66. The molecule has 3 unspecified atom stereocenters. The van der Waals surface area contributed by atoms with E-state index in [0.717, 1.165) is 0 Å². The van der Waals surface area contributed by atoms with Gasteiger partial charge >= 0.3 is 0 Å². The summed E-state index contributed by atoms with van der Waals surface area (Å²) >= 11 is 0. The SMILES string of the molecule is CC(C)=CC1C(C(=O)NCC(O)c2ccc([N+](=O)[O-])cc2)C1(C)C. The number of hydrogen-bond donors (Lipinski definition) is 2. The van der Waals surface area contributed by atoms with Crippen molar-refractivity contribution in [1.82, 2.24) is 5.32 Å². The molecule has 1 aliphatic rings. The molecule has 6 heteroatoms. The second-order valence-corrected chi connectivity index (χ2v) is 7.18. The monoisotopic (exact) mass is 332 g/mol. The van der Waals surface area contributed by atoms with Crippen LogP contribution in [0.5, 0.6) is 0 Å².